The lowest BCUT2D eigenvalue weighted by Gasteiger charge is -2.45. The predicted molar refractivity (Wildman–Crippen MR) is 143 cm³/mol. The zero-order valence-corrected chi connectivity index (χ0v) is 21.4. The Morgan fingerprint density at radius 2 is 1.67 bits per heavy atom. The minimum atomic E-state index is -0.405. The van der Waals surface area contributed by atoms with Gasteiger partial charge in [-0.1, -0.05) is 48.5 Å². The van der Waals surface area contributed by atoms with Crippen LogP contribution in [0, 0.1) is 0 Å². The number of likely N-dealkylation sites (tertiary alicyclic amines) is 2. The second kappa shape index (κ2) is 9.25. The lowest BCUT2D eigenvalue weighted by molar-refractivity contribution is -0.834. The number of nitrogens with one attached hydrogen (secondary N) is 2. The smallest absolute Gasteiger partial charge is 0.334 e. The molecule has 36 heavy (non-hydrogen) atoms. The van der Waals surface area contributed by atoms with E-state index in [-0.39, 0.29) is 5.91 Å². The van der Waals surface area contributed by atoms with Crippen LogP contribution in [0.25, 0.3) is 21.5 Å². The van der Waals surface area contributed by atoms with Gasteiger partial charge in [-0.3, -0.25) is 19.9 Å². The molecule has 3 unspecified atom stereocenters. The third kappa shape index (κ3) is 3.83. The molecule has 3 aromatic rings. The van der Waals surface area contributed by atoms with Gasteiger partial charge in [-0.05, 0) is 54.3 Å². The number of likely N-dealkylation sites (N-methyl/N-ethyl adjacent to an activating group) is 1. The van der Waals surface area contributed by atoms with E-state index >= 15 is 0 Å². The van der Waals surface area contributed by atoms with E-state index in [9.17, 15) is 9.59 Å². The zero-order chi connectivity index (χ0) is 24.9. The molecule has 0 saturated carbocycles. The summed E-state index contributed by atoms with van der Waals surface area (Å²) in [6.07, 6.45) is 2.83. The lowest BCUT2D eigenvalue weighted by atomic mass is 9.90. The Morgan fingerprint density at radius 1 is 1.03 bits per heavy atom. The van der Waals surface area contributed by atoms with Crippen molar-refractivity contribution in [2.24, 2.45) is 0 Å². The van der Waals surface area contributed by atoms with Gasteiger partial charge in [0.05, 0.1) is 18.2 Å². The first-order valence-electron chi connectivity index (χ1n) is 13.6. The fraction of sp³-hybridized carbons (Fsp3) is 0.467. The summed E-state index contributed by atoms with van der Waals surface area (Å²) in [6.45, 7) is 9.30. The Morgan fingerprint density at radius 3 is 2.28 bits per heavy atom. The number of carbonyl (C=O) groups is 2. The van der Waals surface area contributed by atoms with E-state index < -0.39 is 5.54 Å². The van der Waals surface area contributed by atoms with Crippen LogP contribution in [0.2, 0.25) is 0 Å². The molecular weight excluding hydrogens is 448 g/mol. The van der Waals surface area contributed by atoms with Gasteiger partial charge >= 0.3 is 5.91 Å². The zero-order valence-electron chi connectivity index (χ0n) is 21.4. The Bertz CT molecular complexity index is 1260. The van der Waals surface area contributed by atoms with E-state index in [4.69, 9.17) is 0 Å². The van der Waals surface area contributed by atoms with Crippen molar-refractivity contribution in [1.29, 1.82) is 0 Å². The maximum atomic E-state index is 13.9. The molecule has 0 aromatic heterocycles. The minimum absolute atomic E-state index is 0.139. The largest absolute Gasteiger partial charge is 0.338 e. The quantitative estimate of drug-likeness (QED) is 0.560. The van der Waals surface area contributed by atoms with Crippen molar-refractivity contribution in [3.05, 3.63) is 60.2 Å². The van der Waals surface area contributed by atoms with Gasteiger partial charge in [0.25, 0.3) is 5.91 Å². The number of hydrogen-bond donors (Lipinski definition) is 2. The van der Waals surface area contributed by atoms with Crippen LogP contribution >= 0.6 is 0 Å². The SMILES string of the molecule is CC[NH+]1C(=O)C2(CC1C)CN(C1CCN(C(=O)c3c4ccccc4cc4ccccc34)CC1)CCN2. The molecular formula is C30H37N4O2+. The van der Waals surface area contributed by atoms with Crippen molar-refractivity contribution >= 4 is 33.4 Å². The van der Waals surface area contributed by atoms with Crippen LogP contribution in [0.5, 0.6) is 0 Å². The second-order valence-corrected chi connectivity index (χ2v) is 11.0. The van der Waals surface area contributed by atoms with Crippen LogP contribution in [0.15, 0.2) is 54.6 Å². The van der Waals surface area contributed by atoms with E-state index in [0.717, 1.165) is 90.5 Å². The van der Waals surface area contributed by atoms with Gasteiger partial charge in [0, 0.05) is 45.2 Å². The molecule has 6 nitrogen and oxygen atoms in total. The molecule has 6 rings (SSSR count). The number of piperidine rings is 1. The Balaban J connectivity index is 1.20. The van der Waals surface area contributed by atoms with E-state index in [0.29, 0.717) is 18.0 Å². The topological polar surface area (TPSA) is 57.1 Å². The average molecular weight is 486 g/mol. The molecule has 6 heteroatoms. The number of benzene rings is 3. The van der Waals surface area contributed by atoms with Crippen molar-refractivity contribution < 1.29 is 14.5 Å². The molecule has 0 radical (unpaired) electrons. The fourth-order valence-corrected chi connectivity index (χ4v) is 7.14. The van der Waals surface area contributed by atoms with Gasteiger partial charge in [0.2, 0.25) is 0 Å². The molecule has 3 aliphatic rings. The van der Waals surface area contributed by atoms with Crippen LogP contribution < -0.4 is 10.2 Å². The Hall–Kier alpha value is -2.80. The Labute approximate surface area is 213 Å². The summed E-state index contributed by atoms with van der Waals surface area (Å²) in [5, 5.41) is 7.90. The first-order chi connectivity index (χ1) is 17.5. The molecule has 3 aliphatic heterocycles. The summed E-state index contributed by atoms with van der Waals surface area (Å²) in [5.74, 6) is 0.484. The molecule has 3 heterocycles. The number of carbonyl (C=O) groups excluding carboxylic acids is 2. The van der Waals surface area contributed by atoms with E-state index in [2.05, 4.69) is 59.3 Å². The second-order valence-electron chi connectivity index (χ2n) is 11.0. The standard InChI is InChI=1S/C30H36N4O2/c1-3-34-21(2)19-30(29(34)36)20-33(17-14-31-30)24-12-15-32(16-13-24)28(35)27-25-10-6-4-8-22(25)18-23-9-5-7-11-26(23)27/h4-11,18,21,24,31H,3,12-17,19-20H2,1-2H3/p+1. The van der Waals surface area contributed by atoms with Gasteiger partial charge in [-0.15, -0.1) is 0 Å². The highest BCUT2D eigenvalue weighted by Crippen LogP contribution is 2.31. The van der Waals surface area contributed by atoms with Crippen LogP contribution in [0.1, 0.15) is 43.5 Å². The molecule has 3 fully saturated rings. The summed E-state index contributed by atoms with van der Waals surface area (Å²) in [5.41, 5.74) is 0.425. The van der Waals surface area contributed by atoms with E-state index in [1.165, 1.54) is 0 Å². The van der Waals surface area contributed by atoms with Crippen molar-refractivity contribution in [2.75, 3.05) is 39.3 Å². The summed E-state index contributed by atoms with van der Waals surface area (Å²) in [6, 6.07) is 19.4. The summed E-state index contributed by atoms with van der Waals surface area (Å²) in [7, 11) is 0. The van der Waals surface area contributed by atoms with Crippen molar-refractivity contribution in [2.45, 2.75) is 50.7 Å². The first kappa shape index (κ1) is 23.6. The summed E-state index contributed by atoms with van der Waals surface area (Å²) in [4.78, 5) is 32.9. The highest BCUT2D eigenvalue weighted by Gasteiger charge is 2.56. The van der Waals surface area contributed by atoms with Crippen LogP contribution in [0.3, 0.4) is 0 Å². The number of piperazine rings is 1. The molecule has 188 valence electrons. The molecule has 2 amide bonds. The van der Waals surface area contributed by atoms with Crippen LogP contribution in [0.4, 0.5) is 0 Å². The number of quaternary nitrogens is 1. The maximum Gasteiger partial charge on any atom is 0.334 e. The van der Waals surface area contributed by atoms with Crippen LogP contribution in [-0.4, -0.2) is 78.5 Å². The van der Waals surface area contributed by atoms with Gasteiger partial charge < -0.3 is 4.90 Å². The third-order valence-corrected chi connectivity index (χ3v) is 8.95. The van der Waals surface area contributed by atoms with Gasteiger partial charge in [0.15, 0.2) is 5.54 Å². The predicted octanol–water partition coefficient (Wildman–Crippen LogP) is 2.47. The molecule has 1 spiro atoms. The number of hydrogen-bond acceptors (Lipinski definition) is 4. The van der Waals surface area contributed by atoms with Gasteiger partial charge in [-0.25, -0.2) is 4.79 Å². The average Bonchev–Trinajstić information content (AvgIpc) is 3.14. The molecule has 0 aliphatic carbocycles. The summed E-state index contributed by atoms with van der Waals surface area (Å²) < 4.78 is 0. The van der Waals surface area contributed by atoms with Gasteiger partial charge in [-0.2, -0.15) is 0 Å². The monoisotopic (exact) mass is 485 g/mol. The molecule has 3 atom stereocenters. The van der Waals surface area contributed by atoms with E-state index in [1.807, 2.05) is 24.3 Å². The third-order valence-electron chi connectivity index (χ3n) is 8.95. The normalized spacial score (nSPS) is 27.9. The number of fused-ring (bicyclic) bond motifs is 2. The molecule has 3 aromatic carbocycles. The lowest BCUT2D eigenvalue weighted by Crippen LogP contribution is -3.16. The highest BCUT2D eigenvalue weighted by molar-refractivity contribution is 6.18. The molecule has 3 saturated heterocycles. The highest BCUT2D eigenvalue weighted by atomic mass is 16.2. The summed E-state index contributed by atoms with van der Waals surface area (Å²) >= 11 is 0. The number of amides is 2. The number of nitrogens with zero attached hydrogens (tertiary/aromatic N) is 2. The number of rotatable bonds is 3. The fourth-order valence-electron chi connectivity index (χ4n) is 7.14. The van der Waals surface area contributed by atoms with Crippen molar-refractivity contribution in [1.82, 2.24) is 15.1 Å². The molecule has 0 bridgehead atoms. The van der Waals surface area contributed by atoms with Crippen LogP contribution in [-0.2, 0) is 4.79 Å². The molecule has 2 N–H and O–H groups in total. The van der Waals surface area contributed by atoms with Crippen molar-refractivity contribution in [3.63, 3.8) is 0 Å². The van der Waals surface area contributed by atoms with Crippen molar-refractivity contribution in [3.8, 4) is 0 Å². The van der Waals surface area contributed by atoms with Gasteiger partial charge in [0.1, 0.15) is 0 Å². The van der Waals surface area contributed by atoms with E-state index in [1.54, 1.807) is 0 Å². The first-order valence-corrected chi connectivity index (χ1v) is 13.6. The minimum Gasteiger partial charge on any atom is -0.338 e. The maximum absolute atomic E-state index is 13.9. The Kier molecular flexibility index (Phi) is 6.06.